The van der Waals surface area contributed by atoms with Gasteiger partial charge in [0.05, 0.1) is 6.04 Å². The van der Waals surface area contributed by atoms with Crippen LogP contribution in [0.2, 0.25) is 0 Å². The summed E-state index contributed by atoms with van der Waals surface area (Å²) in [5, 5.41) is 28.3. The number of hydrogen-bond acceptors (Lipinski definition) is 8. The summed E-state index contributed by atoms with van der Waals surface area (Å²) in [6.07, 6.45) is 9.69. The molecule has 3 heterocycles. The molecule has 3 N–H and O–H groups in total. The van der Waals surface area contributed by atoms with Gasteiger partial charge in [-0.05, 0) is 58.1 Å². The number of fused-ring (bicyclic) bond motifs is 2. The third-order valence-electron chi connectivity index (χ3n) is 7.88. The number of unbranched alkanes of at least 4 members (excludes halogenated alkanes) is 1. The fraction of sp³-hybridized carbons (Fsp3) is 0.750. The Morgan fingerprint density at radius 3 is 2.73 bits per heavy atom. The molecule has 0 radical (unpaired) electrons. The summed E-state index contributed by atoms with van der Waals surface area (Å²) in [7, 11) is 0. The third kappa shape index (κ3) is 7.42. The lowest BCUT2D eigenvalue weighted by Gasteiger charge is -2.30. The fourth-order valence-corrected chi connectivity index (χ4v) is 5.54. The van der Waals surface area contributed by atoms with Gasteiger partial charge in [-0.1, -0.05) is 38.3 Å². The lowest BCUT2D eigenvalue weighted by atomic mass is 10.0. The molecule has 0 bridgehead atoms. The van der Waals surface area contributed by atoms with Crippen molar-refractivity contribution in [1.82, 2.24) is 35.7 Å². The summed E-state index contributed by atoms with van der Waals surface area (Å²) in [6.45, 7) is 7.42. The molecule has 1 aromatic heterocycles. The fourth-order valence-electron chi connectivity index (χ4n) is 5.54. The van der Waals surface area contributed by atoms with E-state index in [4.69, 9.17) is 4.74 Å². The average molecular weight is 574 g/mol. The van der Waals surface area contributed by atoms with E-state index >= 15 is 0 Å². The quantitative estimate of drug-likeness (QED) is 0.433. The number of nitrogens with zero attached hydrogens (tertiary/aromatic N) is 5. The van der Waals surface area contributed by atoms with Crippen LogP contribution >= 0.6 is 0 Å². The molecule has 41 heavy (non-hydrogen) atoms. The Morgan fingerprint density at radius 1 is 1.24 bits per heavy atom. The van der Waals surface area contributed by atoms with Crippen LogP contribution in [0.15, 0.2) is 12.2 Å². The van der Waals surface area contributed by atoms with E-state index in [1.54, 1.807) is 20.8 Å². The Kier molecular flexibility index (Phi) is 9.33. The first-order valence-electron chi connectivity index (χ1n) is 14.7. The van der Waals surface area contributed by atoms with Gasteiger partial charge in [0, 0.05) is 25.3 Å². The highest BCUT2D eigenvalue weighted by atomic mass is 16.6. The highest BCUT2D eigenvalue weighted by molar-refractivity contribution is 5.96. The minimum absolute atomic E-state index is 0.121. The highest BCUT2D eigenvalue weighted by Crippen LogP contribution is 2.45. The van der Waals surface area contributed by atoms with E-state index in [1.165, 1.54) is 9.70 Å². The molecule has 3 aliphatic rings. The molecule has 0 unspecified atom stereocenters. The zero-order valence-corrected chi connectivity index (χ0v) is 24.5. The van der Waals surface area contributed by atoms with Gasteiger partial charge < -0.3 is 25.4 Å². The minimum atomic E-state index is -1.40. The number of nitrogens with one attached hydrogen (secondary N) is 2. The molecule has 2 fully saturated rings. The maximum absolute atomic E-state index is 14.0. The molecule has 1 saturated carbocycles. The number of aromatic nitrogens is 4. The average Bonchev–Trinajstić information content (AvgIpc) is 3.22. The Labute approximate surface area is 240 Å². The Hall–Kier alpha value is -3.51. The number of allylic oxidation sites excluding steroid dienone is 1. The molecule has 0 aromatic carbocycles. The van der Waals surface area contributed by atoms with Gasteiger partial charge in [-0.25, -0.2) is 9.59 Å². The normalized spacial score (nSPS) is 29.8. The number of tetrazole rings is 1. The van der Waals surface area contributed by atoms with Gasteiger partial charge in [-0.2, -0.15) is 4.80 Å². The van der Waals surface area contributed by atoms with Crippen molar-refractivity contribution in [3.05, 3.63) is 18.0 Å². The molecule has 4 rings (SSSR count). The molecule has 1 saturated heterocycles. The van der Waals surface area contributed by atoms with Gasteiger partial charge in [-0.3, -0.25) is 9.59 Å². The van der Waals surface area contributed by atoms with Gasteiger partial charge in [0.15, 0.2) is 5.82 Å². The van der Waals surface area contributed by atoms with Crippen LogP contribution < -0.4 is 10.6 Å². The van der Waals surface area contributed by atoms with Crippen LogP contribution in [0.1, 0.15) is 97.3 Å². The maximum atomic E-state index is 14.0. The second-order valence-corrected chi connectivity index (χ2v) is 12.4. The third-order valence-corrected chi connectivity index (χ3v) is 7.88. The molecular formula is C28H43N7O6. The predicted octanol–water partition coefficient (Wildman–Crippen LogP) is 2.53. The van der Waals surface area contributed by atoms with Crippen molar-refractivity contribution in [3.8, 4) is 0 Å². The first kappa shape index (κ1) is 30.4. The smallest absolute Gasteiger partial charge is 0.408 e. The summed E-state index contributed by atoms with van der Waals surface area (Å²) in [4.78, 5) is 55.5. The number of aliphatic carboxylic acids is 1. The van der Waals surface area contributed by atoms with Crippen molar-refractivity contribution >= 4 is 23.9 Å². The minimum Gasteiger partial charge on any atom is -0.479 e. The Balaban J connectivity index is 1.62. The van der Waals surface area contributed by atoms with E-state index in [-0.39, 0.29) is 18.9 Å². The second-order valence-electron chi connectivity index (χ2n) is 12.4. The molecule has 226 valence electrons. The summed E-state index contributed by atoms with van der Waals surface area (Å²) in [5.74, 6) is -1.78. The van der Waals surface area contributed by atoms with E-state index in [1.807, 2.05) is 12.2 Å². The first-order chi connectivity index (χ1) is 19.4. The number of rotatable bonds is 6. The van der Waals surface area contributed by atoms with Crippen molar-refractivity contribution in [2.24, 2.45) is 5.92 Å². The molecule has 1 aromatic rings. The summed E-state index contributed by atoms with van der Waals surface area (Å²) in [5.41, 5.74) is -2.14. The lowest BCUT2D eigenvalue weighted by molar-refractivity contribution is -0.145. The number of amides is 3. The molecule has 2 aliphatic heterocycles. The van der Waals surface area contributed by atoms with Gasteiger partial charge in [0.25, 0.3) is 0 Å². The van der Waals surface area contributed by atoms with E-state index in [0.717, 1.165) is 32.1 Å². The zero-order valence-electron chi connectivity index (χ0n) is 24.5. The van der Waals surface area contributed by atoms with E-state index in [0.29, 0.717) is 31.5 Å². The molecule has 0 spiro atoms. The Morgan fingerprint density at radius 2 is 2.02 bits per heavy atom. The number of hydrogen-bond donors (Lipinski definition) is 3. The summed E-state index contributed by atoms with van der Waals surface area (Å²) >= 11 is 0. The number of carboxylic acid groups (broad SMARTS) is 1. The van der Waals surface area contributed by atoms with Crippen LogP contribution in [0.25, 0.3) is 0 Å². The van der Waals surface area contributed by atoms with Gasteiger partial charge >= 0.3 is 12.1 Å². The molecular weight excluding hydrogens is 530 g/mol. The molecule has 3 amide bonds. The van der Waals surface area contributed by atoms with Crippen molar-refractivity contribution < 1.29 is 29.0 Å². The highest BCUT2D eigenvalue weighted by Gasteiger charge is 2.61. The molecule has 5 atom stereocenters. The van der Waals surface area contributed by atoms with E-state index < -0.39 is 53.1 Å². The second kappa shape index (κ2) is 12.6. The van der Waals surface area contributed by atoms with Crippen LogP contribution in [0, 0.1) is 5.92 Å². The topological polar surface area (TPSA) is 169 Å². The Bertz CT molecular complexity index is 1160. The monoisotopic (exact) mass is 573 g/mol. The van der Waals surface area contributed by atoms with E-state index in [2.05, 4.69) is 33.0 Å². The molecule has 13 heteroatoms. The van der Waals surface area contributed by atoms with Crippen LogP contribution in [0.4, 0.5) is 4.79 Å². The number of carbonyl (C=O) groups excluding carboxylic acids is 3. The lowest BCUT2D eigenvalue weighted by Crippen LogP contribution is -2.56. The maximum Gasteiger partial charge on any atom is 0.408 e. The van der Waals surface area contributed by atoms with Crippen LogP contribution in [-0.4, -0.2) is 83.9 Å². The standard InChI is InChI=1S/C28H43N7O6/c1-5-6-14-22-31-33-35(32-22)19-15-21-23(36)30-28(25(38)39)16-18(28)12-10-8-7-9-11-13-20(24(37)34(21)17-19)29-26(40)41-27(2,3)4/h10,12,18-21H,5-9,11,13-17H2,1-4H3,(H,29,40)(H,30,36)(H,38,39)/b12-10-/t18-,19-,20+,21-,28-/m0/s1. The van der Waals surface area contributed by atoms with Crippen LogP contribution in [0.5, 0.6) is 0 Å². The number of alkyl carbamates (subject to hydrolysis) is 1. The SMILES string of the molecule is CCCCc1nnn([C@H]2C[C@H]3C(=O)N[C@@]4(C(=O)O)C[C@@H]4/C=C\CCCCC[C@@H](NC(=O)OC(C)(C)C)C(=O)N3C2)n1. The molecule has 1 aliphatic carbocycles. The van der Waals surface area contributed by atoms with Crippen molar-refractivity contribution in [1.29, 1.82) is 0 Å². The summed E-state index contributed by atoms with van der Waals surface area (Å²) in [6, 6.07) is -2.31. The number of carbonyl (C=O) groups is 4. The first-order valence-corrected chi connectivity index (χ1v) is 14.7. The van der Waals surface area contributed by atoms with Crippen LogP contribution in [0.3, 0.4) is 0 Å². The number of aryl methyl sites for hydroxylation is 1. The molecule has 13 nitrogen and oxygen atoms in total. The van der Waals surface area contributed by atoms with Crippen LogP contribution in [-0.2, 0) is 25.5 Å². The number of ether oxygens (including phenoxy) is 1. The van der Waals surface area contributed by atoms with Gasteiger partial charge in [-0.15, -0.1) is 10.2 Å². The number of carboxylic acids is 1. The van der Waals surface area contributed by atoms with Gasteiger partial charge in [0.2, 0.25) is 11.8 Å². The van der Waals surface area contributed by atoms with Gasteiger partial charge in [0.1, 0.15) is 23.2 Å². The predicted molar refractivity (Wildman–Crippen MR) is 148 cm³/mol. The largest absolute Gasteiger partial charge is 0.479 e. The van der Waals surface area contributed by atoms with Crippen molar-refractivity contribution in [3.63, 3.8) is 0 Å². The summed E-state index contributed by atoms with van der Waals surface area (Å²) < 4.78 is 5.42. The zero-order chi connectivity index (χ0) is 29.8. The van der Waals surface area contributed by atoms with E-state index in [9.17, 15) is 24.3 Å². The van der Waals surface area contributed by atoms with Crippen molar-refractivity contribution in [2.75, 3.05) is 6.54 Å². The van der Waals surface area contributed by atoms with Crippen molar-refractivity contribution in [2.45, 2.75) is 121 Å².